The zero-order valence-corrected chi connectivity index (χ0v) is 15.9. The third-order valence-electron chi connectivity index (χ3n) is 4.50. The zero-order chi connectivity index (χ0) is 17.9. The molecule has 2 N–H and O–H groups in total. The molecular weight excluding hydrogens is 314 g/mol. The van der Waals surface area contributed by atoms with Crippen molar-refractivity contribution in [2.24, 2.45) is 10.9 Å². The van der Waals surface area contributed by atoms with E-state index in [0.29, 0.717) is 6.54 Å². The normalized spacial score (nSPS) is 16.1. The third-order valence-corrected chi connectivity index (χ3v) is 4.50. The third kappa shape index (κ3) is 6.90. The van der Waals surface area contributed by atoms with Gasteiger partial charge in [-0.15, -0.1) is 0 Å². The molecule has 0 spiro atoms. The van der Waals surface area contributed by atoms with Gasteiger partial charge < -0.3 is 20.3 Å². The van der Waals surface area contributed by atoms with Gasteiger partial charge in [0.25, 0.3) is 0 Å². The summed E-state index contributed by atoms with van der Waals surface area (Å²) in [7, 11) is 1.72. The van der Waals surface area contributed by atoms with Gasteiger partial charge in [0.05, 0.1) is 6.54 Å². The molecule has 25 heavy (non-hydrogen) atoms. The van der Waals surface area contributed by atoms with Crippen LogP contribution in [-0.2, 0) is 11.3 Å². The highest BCUT2D eigenvalue weighted by atomic mass is 16.5. The van der Waals surface area contributed by atoms with Crippen LogP contribution in [0.1, 0.15) is 38.7 Å². The highest BCUT2D eigenvalue weighted by molar-refractivity contribution is 5.79. The number of aromatic nitrogens is 1. The molecule has 0 saturated carbocycles. The molecule has 0 unspecified atom stereocenters. The molecule has 140 valence electrons. The Hall–Kier alpha value is -1.82. The lowest BCUT2D eigenvalue weighted by atomic mass is 9.99. The fourth-order valence-corrected chi connectivity index (χ4v) is 2.87. The first-order valence-electron chi connectivity index (χ1n) is 9.44. The summed E-state index contributed by atoms with van der Waals surface area (Å²) < 4.78 is 5.07. The van der Waals surface area contributed by atoms with Gasteiger partial charge >= 0.3 is 0 Å². The summed E-state index contributed by atoms with van der Waals surface area (Å²) >= 11 is 0. The van der Waals surface area contributed by atoms with Crippen molar-refractivity contribution in [1.29, 1.82) is 0 Å². The van der Waals surface area contributed by atoms with Crippen LogP contribution in [0.5, 0.6) is 0 Å². The monoisotopic (exact) mass is 347 g/mol. The quantitative estimate of drug-likeness (QED) is 0.430. The van der Waals surface area contributed by atoms with Gasteiger partial charge in [0.1, 0.15) is 5.82 Å². The largest absolute Gasteiger partial charge is 0.385 e. The standard InChI is InChI=1S/C19H33N5O/c1-4-20-19(21-10-5-13-25-3)23-15-17-6-7-18(22-14-17)24-11-8-16(2)9-12-24/h6-7,14,16H,4-5,8-13,15H2,1-3H3,(H2,20,21,23). The van der Waals surface area contributed by atoms with Crippen LogP contribution in [0.25, 0.3) is 0 Å². The number of methoxy groups -OCH3 is 1. The molecule has 2 rings (SSSR count). The van der Waals surface area contributed by atoms with Gasteiger partial charge in [0.2, 0.25) is 0 Å². The Morgan fingerprint density at radius 1 is 1.32 bits per heavy atom. The Morgan fingerprint density at radius 2 is 2.12 bits per heavy atom. The van der Waals surface area contributed by atoms with E-state index in [2.05, 4.69) is 51.5 Å². The number of ether oxygens (including phenoxy) is 1. The Balaban J connectivity index is 1.85. The molecule has 2 heterocycles. The van der Waals surface area contributed by atoms with Gasteiger partial charge in [-0.25, -0.2) is 9.98 Å². The van der Waals surface area contributed by atoms with E-state index >= 15 is 0 Å². The van der Waals surface area contributed by atoms with Crippen LogP contribution in [0.15, 0.2) is 23.3 Å². The van der Waals surface area contributed by atoms with Crippen LogP contribution < -0.4 is 15.5 Å². The van der Waals surface area contributed by atoms with Crippen molar-refractivity contribution in [3.05, 3.63) is 23.9 Å². The van der Waals surface area contributed by atoms with Crippen LogP contribution in [0.4, 0.5) is 5.82 Å². The highest BCUT2D eigenvalue weighted by Gasteiger charge is 2.16. The number of aliphatic imine (C=N–C) groups is 1. The first kappa shape index (κ1) is 19.5. The molecular formula is C19H33N5O. The van der Waals surface area contributed by atoms with E-state index in [4.69, 9.17) is 4.74 Å². The SMILES string of the molecule is CCNC(=NCc1ccc(N2CCC(C)CC2)nc1)NCCCOC. The summed E-state index contributed by atoms with van der Waals surface area (Å²) in [6.07, 6.45) is 5.43. The van der Waals surface area contributed by atoms with Gasteiger partial charge in [0, 0.05) is 46.1 Å². The average molecular weight is 348 g/mol. The molecule has 1 saturated heterocycles. The predicted octanol–water partition coefficient (Wildman–Crippen LogP) is 2.41. The number of nitrogens with zero attached hydrogens (tertiary/aromatic N) is 3. The first-order valence-corrected chi connectivity index (χ1v) is 9.44. The minimum atomic E-state index is 0.629. The van der Waals surface area contributed by atoms with Crippen molar-refractivity contribution in [3.8, 4) is 0 Å². The second kappa shape index (κ2) is 10.9. The van der Waals surface area contributed by atoms with E-state index < -0.39 is 0 Å². The van der Waals surface area contributed by atoms with Crippen molar-refractivity contribution in [2.75, 3.05) is 44.8 Å². The molecule has 6 heteroatoms. The molecule has 0 bridgehead atoms. The second-order valence-corrected chi connectivity index (χ2v) is 6.66. The van der Waals surface area contributed by atoms with Crippen LogP contribution in [0.2, 0.25) is 0 Å². The Kier molecular flexibility index (Phi) is 8.52. The number of hydrogen-bond acceptors (Lipinski definition) is 4. The molecule has 1 aliphatic heterocycles. The van der Waals surface area contributed by atoms with E-state index in [0.717, 1.165) is 62.5 Å². The Labute approximate surface area is 152 Å². The Morgan fingerprint density at radius 3 is 2.76 bits per heavy atom. The molecule has 0 radical (unpaired) electrons. The molecule has 0 amide bonds. The molecule has 6 nitrogen and oxygen atoms in total. The number of anilines is 1. The van der Waals surface area contributed by atoms with E-state index in [1.165, 1.54) is 12.8 Å². The minimum Gasteiger partial charge on any atom is -0.385 e. The lowest BCUT2D eigenvalue weighted by Gasteiger charge is -2.31. The second-order valence-electron chi connectivity index (χ2n) is 6.66. The average Bonchev–Trinajstić information content (AvgIpc) is 2.64. The lowest BCUT2D eigenvalue weighted by molar-refractivity contribution is 0.195. The van der Waals surface area contributed by atoms with Crippen molar-refractivity contribution in [1.82, 2.24) is 15.6 Å². The van der Waals surface area contributed by atoms with E-state index in [9.17, 15) is 0 Å². The maximum atomic E-state index is 5.07. The molecule has 0 aromatic carbocycles. The molecule has 1 aromatic rings. The van der Waals surface area contributed by atoms with Gasteiger partial charge in [-0.05, 0) is 43.7 Å². The number of piperidine rings is 1. The zero-order valence-electron chi connectivity index (χ0n) is 15.9. The highest BCUT2D eigenvalue weighted by Crippen LogP contribution is 2.21. The predicted molar refractivity (Wildman–Crippen MR) is 104 cm³/mol. The fraction of sp³-hybridized carbons (Fsp3) is 0.684. The number of nitrogens with one attached hydrogen (secondary N) is 2. The Bertz CT molecular complexity index is 509. The topological polar surface area (TPSA) is 61.8 Å². The van der Waals surface area contributed by atoms with Crippen molar-refractivity contribution < 1.29 is 4.74 Å². The van der Waals surface area contributed by atoms with Gasteiger partial charge in [-0.3, -0.25) is 0 Å². The van der Waals surface area contributed by atoms with E-state index in [1.54, 1.807) is 7.11 Å². The van der Waals surface area contributed by atoms with Crippen LogP contribution in [0.3, 0.4) is 0 Å². The molecule has 1 aliphatic rings. The van der Waals surface area contributed by atoms with E-state index in [1.807, 2.05) is 6.20 Å². The lowest BCUT2D eigenvalue weighted by Crippen LogP contribution is -2.38. The van der Waals surface area contributed by atoms with Gasteiger partial charge in [-0.1, -0.05) is 13.0 Å². The van der Waals surface area contributed by atoms with E-state index in [-0.39, 0.29) is 0 Å². The summed E-state index contributed by atoms with van der Waals surface area (Å²) in [6, 6.07) is 4.26. The first-order chi connectivity index (χ1) is 12.2. The number of guanidine groups is 1. The smallest absolute Gasteiger partial charge is 0.191 e. The fourth-order valence-electron chi connectivity index (χ4n) is 2.87. The summed E-state index contributed by atoms with van der Waals surface area (Å²) in [5, 5.41) is 6.59. The van der Waals surface area contributed by atoms with Gasteiger partial charge in [0.15, 0.2) is 5.96 Å². The summed E-state index contributed by atoms with van der Waals surface area (Å²) in [4.78, 5) is 11.7. The number of pyridine rings is 1. The molecule has 1 aromatic heterocycles. The summed E-state index contributed by atoms with van der Waals surface area (Å²) in [5.41, 5.74) is 1.13. The molecule has 0 aliphatic carbocycles. The van der Waals surface area contributed by atoms with Gasteiger partial charge in [-0.2, -0.15) is 0 Å². The van der Waals surface area contributed by atoms with Crippen molar-refractivity contribution in [3.63, 3.8) is 0 Å². The number of rotatable bonds is 8. The summed E-state index contributed by atoms with van der Waals surface area (Å²) in [5.74, 6) is 2.77. The van der Waals surface area contributed by atoms with Crippen LogP contribution in [-0.4, -0.2) is 50.8 Å². The number of hydrogen-bond donors (Lipinski definition) is 2. The molecule has 1 fully saturated rings. The van der Waals surface area contributed by atoms with Crippen LogP contribution in [0, 0.1) is 5.92 Å². The minimum absolute atomic E-state index is 0.629. The maximum Gasteiger partial charge on any atom is 0.191 e. The van der Waals surface area contributed by atoms with Crippen molar-refractivity contribution >= 4 is 11.8 Å². The molecule has 0 atom stereocenters. The maximum absolute atomic E-state index is 5.07. The van der Waals surface area contributed by atoms with Crippen molar-refractivity contribution in [2.45, 2.75) is 39.7 Å². The van der Waals surface area contributed by atoms with Crippen LogP contribution >= 0.6 is 0 Å². The summed E-state index contributed by atoms with van der Waals surface area (Å²) in [6.45, 7) is 9.71.